The summed E-state index contributed by atoms with van der Waals surface area (Å²) in [6, 6.07) is 5.88. The Kier molecular flexibility index (Phi) is 5.04. The summed E-state index contributed by atoms with van der Waals surface area (Å²) in [6.07, 6.45) is 3.48. The van der Waals surface area contributed by atoms with Crippen molar-refractivity contribution in [1.82, 2.24) is 0 Å². The zero-order valence-electron chi connectivity index (χ0n) is 9.47. The Hall–Kier alpha value is 0.780. The highest BCUT2D eigenvalue weighted by molar-refractivity contribution is 14.1. The van der Waals surface area contributed by atoms with Crippen LogP contribution in [0.5, 0.6) is 0 Å². The molecule has 1 nitrogen and oxygen atoms in total. The number of rotatable bonds is 2. The van der Waals surface area contributed by atoms with E-state index in [0.717, 1.165) is 12.8 Å². The van der Waals surface area contributed by atoms with Crippen LogP contribution in [0.1, 0.15) is 31.7 Å². The monoisotopic (exact) mass is 405 g/mol. The number of halogens is 4. The molecule has 0 saturated heterocycles. The summed E-state index contributed by atoms with van der Waals surface area (Å²) in [5, 5.41) is 1.22. The minimum atomic E-state index is -0.250. The molecule has 1 aliphatic carbocycles. The van der Waals surface area contributed by atoms with Gasteiger partial charge in [-0.05, 0) is 37.5 Å². The first-order valence-corrected chi connectivity index (χ1v) is 7.14. The minimum absolute atomic E-state index is 0. The average molecular weight is 407 g/mol. The van der Waals surface area contributed by atoms with E-state index in [2.05, 4.69) is 35.6 Å². The van der Waals surface area contributed by atoms with E-state index in [0.29, 0.717) is 10.0 Å². The molecule has 1 aromatic rings. The second-order valence-corrected chi connectivity index (χ2v) is 7.70. The molecule has 0 radical (unpaired) electrons. The van der Waals surface area contributed by atoms with Gasteiger partial charge in [0, 0.05) is 5.41 Å². The molecule has 1 aliphatic rings. The Morgan fingerprint density at radius 3 is 2.24 bits per heavy atom. The highest BCUT2D eigenvalue weighted by Gasteiger charge is 2.49. The Balaban J connectivity index is 0.00000144. The molecule has 17 heavy (non-hydrogen) atoms. The molecule has 0 heterocycles. The Morgan fingerprint density at radius 1 is 1.29 bits per heavy atom. The van der Waals surface area contributed by atoms with Crippen molar-refractivity contribution in [1.29, 1.82) is 0 Å². The lowest BCUT2D eigenvalue weighted by atomic mass is 9.60. The normalized spacial score (nSPS) is 21.0. The van der Waals surface area contributed by atoms with Crippen LogP contribution in [0.15, 0.2) is 18.2 Å². The van der Waals surface area contributed by atoms with Gasteiger partial charge in [-0.3, -0.25) is 0 Å². The van der Waals surface area contributed by atoms with Crippen molar-refractivity contribution in [3.05, 3.63) is 33.8 Å². The zero-order chi connectivity index (χ0) is 12.0. The van der Waals surface area contributed by atoms with Gasteiger partial charge in [-0.1, -0.05) is 58.3 Å². The molecule has 2 rings (SSSR count). The highest BCUT2D eigenvalue weighted by Crippen LogP contribution is 2.53. The molecule has 0 aliphatic heterocycles. The summed E-state index contributed by atoms with van der Waals surface area (Å²) >= 11 is 14.3. The summed E-state index contributed by atoms with van der Waals surface area (Å²) in [5.41, 5.74) is 7.58. The summed E-state index contributed by atoms with van der Waals surface area (Å²) in [6.45, 7) is 2.08. The molecular formula is C12H15Cl3IN. The lowest BCUT2D eigenvalue weighted by Gasteiger charge is -2.50. The Labute approximate surface area is 132 Å². The molecule has 2 N–H and O–H groups in total. The maximum atomic E-state index is 6.31. The van der Waals surface area contributed by atoms with Crippen LogP contribution < -0.4 is 5.73 Å². The third-order valence-corrected chi connectivity index (χ3v) is 5.39. The van der Waals surface area contributed by atoms with Gasteiger partial charge in [-0.15, -0.1) is 12.4 Å². The average Bonchev–Trinajstić information content (AvgIpc) is 2.06. The predicted octanol–water partition coefficient (Wildman–Crippen LogP) is 4.95. The first-order valence-electron chi connectivity index (χ1n) is 5.30. The third kappa shape index (κ3) is 2.71. The van der Waals surface area contributed by atoms with Crippen LogP contribution >= 0.6 is 58.2 Å². The van der Waals surface area contributed by atoms with Crippen molar-refractivity contribution in [2.75, 3.05) is 0 Å². The first-order chi connectivity index (χ1) is 7.37. The molecule has 1 atom stereocenters. The van der Waals surface area contributed by atoms with Gasteiger partial charge in [0.15, 0.2) is 0 Å². The van der Waals surface area contributed by atoms with Gasteiger partial charge in [0.2, 0.25) is 0 Å². The van der Waals surface area contributed by atoms with Gasteiger partial charge in [0.25, 0.3) is 0 Å². The number of alkyl halides is 1. The van der Waals surface area contributed by atoms with Gasteiger partial charge < -0.3 is 5.73 Å². The molecule has 1 aromatic carbocycles. The van der Waals surface area contributed by atoms with Crippen molar-refractivity contribution < 1.29 is 0 Å². The fourth-order valence-corrected chi connectivity index (χ4v) is 3.53. The van der Waals surface area contributed by atoms with Crippen molar-refractivity contribution in [2.45, 2.75) is 35.1 Å². The van der Waals surface area contributed by atoms with E-state index in [9.17, 15) is 0 Å². The molecule has 0 amide bonds. The van der Waals surface area contributed by atoms with Gasteiger partial charge in [0.05, 0.1) is 13.6 Å². The first kappa shape index (κ1) is 15.8. The van der Waals surface area contributed by atoms with Crippen LogP contribution in [0.4, 0.5) is 0 Å². The van der Waals surface area contributed by atoms with Gasteiger partial charge in [-0.2, -0.15) is 0 Å². The Morgan fingerprint density at radius 2 is 1.88 bits per heavy atom. The van der Waals surface area contributed by atoms with Crippen LogP contribution in [0.3, 0.4) is 0 Å². The summed E-state index contributed by atoms with van der Waals surface area (Å²) in [7, 11) is 0. The second kappa shape index (κ2) is 5.41. The SMILES string of the molecule is CC(N)(I)C1(c2ccc(Cl)c(Cl)c2)CCC1.Cl. The van der Waals surface area contributed by atoms with Gasteiger partial charge >= 0.3 is 0 Å². The molecular weight excluding hydrogens is 391 g/mol. The summed E-state index contributed by atoms with van der Waals surface area (Å²) < 4.78 is -0.250. The molecule has 1 saturated carbocycles. The van der Waals surface area contributed by atoms with E-state index < -0.39 is 0 Å². The zero-order valence-corrected chi connectivity index (χ0v) is 14.0. The summed E-state index contributed by atoms with van der Waals surface area (Å²) in [4.78, 5) is 0. The largest absolute Gasteiger partial charge is 0.316 e. The molecule has 0 spiro atoms. The number of hydrogen-bond acceptors (Lipinski definition) is 1. The maximum absolute atomic E-state index is 6.31. The maximum Gasteiger partial charge on any atom is 0.0749 e. The van der Waals surface area contributed by atoms with Crippen molar-refractivity contribution >= 4 is 58.2 Å². The third-order valence-electron chi connectivity index (χ3n) is 3.62. The van der Waals surface area contributed by atoms with E-state index in [1.807, 2.05) is 12.1 Å². The standard InChI is InChI=1S/C12H14Cl2IN.ClH/c1-11(15,16)12(5-2-6-12)8-3-4-9(13)10(14)7-8;/h3-4,7H,2,5-6,16H2,1H3;1H. The molecule has 5 heteroatoms. The van der Waals surface area contributed by atoms with Crippen LogP contribution in [-0.2, 0) is 5.41 Å². The minimum Gasteiger partial charge on any atom is -0.316 e. The smallest absolute Gasteiger partial charge is 0.0749 e. The lowest BCUT2D eigenvalue weighted by molar-refractivity contribution is 0.195. The van der Waals surface area contributed by atoms with Gasteiger partial charge in [0.1, 0.15) is 0 Å². The molecule has 1 fully saturated rings. The lowest BCUT2D eigenvalue weighted by Crippen LogP contribution is -2.55. The van der Waals surface area contributed by atoms with Crippen molar-refractivity contribution in [3.63, 3.8) is 0 Å². The molecule has 0 bridgehead atoms. The molecule has 1 unspecified atom stereocenters. The van der Waals surface area contributed by atoms with E-state index in [1.54, 1.807) is 0 Å². The van der Waals surface area contributed by atoms with Crippen LogP contribution in [0.25, 0.3) is 0 Å². The summed E-state index contributed by atoms with van der Waals surface area (Å²) in [5.74, 6) is 0. The van der Waals surface area contributed by atoms with Gasteiger partial charge in [-0.25, -0.2) is 0 Å². The highest BCUT2D eigenvalue weighted by atomic mass is 127. The Bertz CT molecular complexity index is 411. The fraction of sp³-hybridized carbons (Fsp3) is 0.500. The van der Waals surface area contributed by atoms with E-state index in [1.165, 1.54) is 12.0 Å². The topological polar surface area (TPSA) is 26.0 Å². The van der Waals surface area contributed by atoms with Crippen LogP contribution in [0, 0.1) is 0 Å². The number of hydrogen-bond donors (Lipinski definition) is 1. The predicted molar refractivity (Wildman–Crippen MR) is 85.9 cm³/mol. The van der Waals surface area contributed by atoms with E-state index >= 15 is 0 Å². The van der Waals surface area contributed by atoms with E-state index in [4.69, 9.17) is 28.9 Å². The van der Waals surface area contributed by atoms with Crippen LogP contribution in [-0.4, -0.2) is 3.55 Å². The molecule has 0 aromatic heterocycles. The quantitative estimate of drug-likeness (QED) is 0.420. The van der Waals surface area contributed by atoms with Crippen molar-refractivity contribution in [2.24, 2.45) is 5.73 Å². The van der Waals surface area contributed by atoms with Crippen LogP contribution in [0.2, 0.25) is 10.0 Å². The van der Waals surface area contributed by atoms with E-state index in [-0.39, 0.29) is 21.4 Å². The number of nitrogens with two attached hydrogens (primary N) is 1. The fourth-order valence-electron chi connectivity index (χ4n) is 2.38. The second-order valence-electron chi connectivity index (χ2n) is 4.64. The van der Waals surface area contributed by atoms with Crippen molar-refractivity contribution in [3.8, 4) is 0 Å². The number of benzene rings is 1. The molecule has 96 valence electrons.